The van der Waals surface area contributed by atoms with Gasteiger partial charge < -0.3 is 4.74 Å². The van der Waals surface area contributed by atoms with Crippen LogP contribution in [0.1, 0.15) is 21.5 Å². The van der Waals surface area contributed by atoms with E-state index in [1.165, 1.54) is 30.3 Å². The monoisotopic (exact) mass is 551 g/mol. The summed E-state index contributed by atoms with van der Waals surface area (Å²) in [5, 5.41) is 1.19. The van der Waals surface area contributed by atoms with Crippen LogP contribution in [-0.2, 0) is 11.3 Å². The number of esters is 1. The Morgan fingerprint density at radius 3 is 2.24 bits per heavy atom. The van der Waals surface area contributed by atoms with E-state index in [9.17, 15) is 14.4 Å². The maximum absolute atomic E-state index is 13.0. The fourth-order valence-corrected chi connectivity index (χ4v) is 4.67. The highest BCUT2D eigenvalue weighted by Gasteiger charge is 2.35. The van der Waals surface area contributed by atoms with Gasteiger partial charge in [0.1, 0.15) is 5.75 Å². The van der Waals surface area contributed by atoms with Gasteiger partial charge in [0.2, 0.25) is 0 Å². The first-order valence-corrected chi connectivity index (χ1v) is 12.0. The van der Waals surface area contributed by atoms with Crippen LogP contribution in [0.4, 0.5) is 4.79 Å². The minimum absolute atomic E-state index is 0.00797. The Morgan fingerprint density at radius 2 is 1.53 bits per heavy atom. The van der Waals surface area contributed by atoms with E-state index >= 15 is 0 Å². The normalized spacial score (nSPS) is 14.7. The van der Waals surface area contributed by atoms with Gasteiger partial charge in [0.05, 0.1) is 17.0 Å². The van der Waals surface area contributed by atoms with Gasteiger partial charge in [-0.05, 0) is 78.0 Å². The molecule has 0 bridgehead atoms. The minimum Gasteiger partial charge on any atom is -0.422 e. The van der Waals surface area contributed by atoms with Crippen LogP contribution < -0.4 is 4.74 Å². The van der Waals surface area contributed by atoms with Gasteiger partial charge in [0.25, 0.3) is 11.1 Å². The van der Waals surface area contributed by atoms with Gasteiger partial charge in [0.15, 0.2) is 0 Å². The molecule has 1 saturated heterocycles. The first-order chi connectivity index (χ1) is 16.2. The van der Waals surface area contributed by atoms with E-state index in [4.69, 9.17) is 51.1 Å². The van der Waals surface area contributed by atoms with Gasteiger partial charge in [-0.2, -0.15) is 0 Å². The number of imide groups is 1. The smallest absolute Gasteiger partial charge is 0.343 e. The fraction of sp³-hybridized carbons (Fsp3) is 0.0417. The Bertz CT molecular complexity index is 1340. The van der Waals surface area contributed by atoms with Crippen molar-refractivity contribution in [3.8, 4) is 5.75 Å². The molecule has 5 nitrogen and oxygen atoms in total. The van der Waals surface area contributed by atoms with E-state index in [0.717, 1.165) is 16.7 Å². The van der Waals surface area contributed by atoms with Crippen LogP contribution in [0.25, 0.3) is 6.08 Å². The first-order valence-electron chi connectivity index (χ1n) is 9.68. The number of benzene rings is 3. The quantitative estimate of drug-likeness (QED) is 0.184. The maximum Gasteiger partial charge on any atom is 0.343 e. The predicted molar refractivity (Wildman–Crippen MR) is 136 cm³/mol. The Balaban J connectivity index is 1.59. The van der Waals surface area contributed by atoms with Gasteiger partial charge in [-0.3, -0.25) is 14.5 Å². The molecule has 1 heterocycles. The topological polar surface area (TPSA) is 63.7 Å². The molecular weight excluding hydrogens is 540 g/mol. The largest absolute Gasteiger partial charge is 0.422 e. The van der Waals surface area contributed by atoms with E-state index in [1.54, 1.807) is 36.4 Å². The number of thioether (sulfide) groups is 1. The van der Waals surface area contributed by atoms with Gasteiger partial charge in [-0.15, -0.1) is 0 Å². The van der Waals surface area contributed by atoms with Crippen molar-refractivity contribution in [2.75, 3.05) is 0 Å². The third-order valence-electron chi connectivity index (χ3n) is 4.76. The number of ether oxygens (including phenoxy) is 1. The number of carbonyl (C=O) groups excluding carboxylic acids is 3. The van der Waals surface area contributed by atoms with E-state index in [2.05, 4.69) is 0 Å². The average molecular weight is 553 g/mol. The summed E-state index contributed by atoms with van der Waals surface area (Å²) in [6, 6.07) is 15.6. The van der Waals surface area contributed by atoms with Crippen LogP contribution in [0.3, 0.4) is 0 Å². The summed E-state index contributed by atoms with van der Waals surface area (Å²) in [6.45, 7) is -0.00797. The lowest BCUT2D eigenvalue weighted by molar-refractivity contribution is -0.123. The second-order valence-electron chi connectivity index (χ2n) is 7.08. The Hall–Kier alpha value is -2.48. The van der Waals surface area contributed by atoms with Crippen LogP contribution in [0.15, 0.2) is 65.6 Å². The Morgan fingerprint density at radius 1 is 0.882 bits per heavy atom. The first kappa shape index (κ1) is 24.6. The summed E-state index contributed by atoms with van der Waals surface area (Å²) in [7, 11) is 0. The molecule has 0 aromatic heterocycles. The van der Waals surface area contributed by atoms with Crippen LogP contribution in [0.5, 0.6) is 5.75 Å². The lowest BCUT2D eigenvalue weighted by atomic mass is 10.1. The van der Waals surface area contributed by atoms with Gasteiger partial charge in [-0.25, -0.2) is 4.79 Å². The molecule has 0 saturated carbocycles. The zero-order valence-electron chi connectivity index (χ0n) is 17.1. The van der Waals surface area contributed by atoms with Crippen molar-refractivity contribution in [1.29, 1.82) is 0 Å². The highest BCUT2D eigenvalue weighted by atomic mass is 35.5. The van der Waals surface area contributed by atoms with Crippen LogP contribution in [-0.4, -0.2) is 22.0 Å². The van der Waals surface area contributed by atoms with Crippen molar-refractivity contribution in [1.82, 2.24) is 4.90 Å². The van der Waals surface area contributed by atoms with Crippen LogP contribution >= 0.6 is 58.2 Å². The summed E-state index contributed by atoms with van der Waals surface area (Å²) >= 11 is 24.9. The lowest BCUT2D eigenvalue weighted by Crippen LogP contribution is -2.27. The van der Waals surface area contributed by atoms with Crippen LogP contribution in [0.2, 0.25) is 20.1 Å². The average Bonchev–Trinajstić information content (AvgIpc) is 3.05. The second kappa shape index (κ2) is 10.4. The number of halogens is 4. The summed E-state index contributed by atoms with van der Waals surface area (Å²) in [5.74, 6) is -0.938. The standard InChI is InChI=1S/C24H13Cl4NO4S/c25-16-4-1-13(2-5-16)23(31)33-20-8-7-17(26)9-15(20)10-21-22(30)29(24(32)34-21)12-14-3-6-18(27)11-19(14)28/h1-11H,12H2/b21-10-. The molecule has 172 valence electrons. The van der Waals surface area contributed by atoms with E-state index in [1.807, 2.05) is 0 Å². The van der Waals surface area contributed by atoms with Gasteiger partial charge in [0, 0.05) is 25.7 Å². The summed E-state index contributed by atoms with van der Waals surface area (Å²) in [5.41, 5.74) is 1.24. The van der Waals surface area contributed by atoms with Crippen molar-refractivity contribution >= 4 is 81.4 Å². The fourth-order valence-electron chi connectivity index (χ4n) is 3.07. The second-order valence-corrected chi connectivity index (χ2v) is 9.79. The number of rotatable bonds is 5. The lowest BCUT2D eigenvalue weighted by Gasteiger charge is -2.13. The molecule has 1 aliphatic heterocycles. The molecule has 4 rings (SSSR count). The third kappa shape index (κ3) is 5.59. The van der Waals surface area contributed by atoms with Crippen molar-refractivity contribution in [3.63, 3.8) is 0 Å². The molecule has 3 aromatic rings. The van der Waals surface area contributed by atoms with Crippen molar-refractivity contribution in [3.05, 3.63) is 102 Å². The molecule has 1 aliphatic rings. The molecule has 1 fully saturated rings. The highest BCUT2D eigenvalue weighted by Crippen LogP contribution is 2.36. The van der Waals surface area contributed by atoms with Crippen molar-refractivity contribution in [2.45, 2.75) is 6.54 Å². The molecule has 34 heavy (non-hydrogen) atoms. The molecule has 0 spiro atoms. The molecule has 0 unspecified atom stereocenters. The maximum atomic E-state index is 13.0. The number of amides is 2. The molecule has 2 amide bonds. The minimum atomic E-state index is -0.612. The molecule has 0 radical (unpaired) electrons. The molecule has 10 heteroatoms. The molecule has 0 aliphatic carbocycles. The van der Waals surface area contributed by atoms with Gasteiger partial charge in [-0.1, -0.05) is 52.5 Å². The van der Waals surface area contributed by atoms with E-state index in [0.29, 0.717) is 36.8 Å². The van der Waals surface area contributed by atoms with E-state index < -0.39 is 17.1 Å². The van der Waals surface area contributed by atoms with Crippen LogP contribution in [0, 0.1) is 0 Å². The molecule has 0 N–H and O–H groups in total. The summed E-state index contributed by atoms with van der Waals surface area (Å²) in [4.78, 5) is 39.3. The molecule has 0 atom stereocenters. The summed E-state index contributed by atoms with van der Waals surface area (Å²) < 4.78 is 5.51. The zero-order valence-corrected chi connectivity index (χ0v) is 20.9. The Labute approximate surface area is 219 Å². The van der Waals surface area contributed by atoms with Gasteiger partial charge >= 0.3 is 5.97 Å². The van der Waals surface area contributed by atoms with E-state index in [-0.39, 0.29) is 17.2 Å². The highest BCUT2D eigenvalue weighted by molar-refractivity contribution is 8.18. The third-order valence-corrected chi connectivity index (χ3v) is 6.74. The molecule has 3 aromatic carbocycles. The Kier molecular flexibility index (Phi) is 7.55. The summed E-state index contributed by atoms with van der Waals surface area (Å²) in [6.07, 6.45) is 1.46. The number of hydrogen-bond donors (Lipinski definition) is 0. The predicted octanol–water partition coefficient (Wildman–Crippen LogP) is 7.76. The number of hydrogen-bond acceptors (Lipinski definition) is 5. The number of carbonyl (C=O) groups is 3. The SMILES string of the molecule is O=C(Oc1ccc(Cl)cc1/C=C1\SC(=O)N(Cc2ccc(Cl)cc2Cl)C1=O)c1ccc(Cl)cc1. The zero-order chi connectivity index (χ0) is 24.4. The van der Waals surface area contributed by atoms with Crippen molar-refractivity contribution < 1.29 is 19.1 Å². The molecular formula is C24H13Cl4NO4S. The number of nitrogens with zero attached hydrogens (tertiary/aromatic N) is 1. The van der Waals surface area contributed by atoms with Crippen molar-refractivity contribution in [2.24, 2.45) is 0 Å².